The molecule has 0 fully saturated rings. The van der Waals surface area contributed by atoms with Crippen LogP contribution in [0.3, 0.4) is 0 Å². The third kappa shape index (κ3) is 3.95. The Morgan fingerprint density at radius 1 is 1.37 bits per heavy atom. The molecule has 1 heterocycles. The molecule has 1 atom stereocenters. The smallest absolute Gasteiger partial charge is 0.123 e. The Balaban J connectivity index is 1.93. The molecular weight excluding hydrogens is 236 g/mol. The average Bonchev–Trinajstić information content (AvgIpc) is 2.58. The van der Waals surface area contributed by atoms with Crippen molar-refractivity contribution in [3.63, 3.8) is 0 Å². The molecule has 3 nitrogen and oxygen atoms in total. The van der Waals surface area contributed by atoms with E-state index >= 15 is 0 Å². The Morgan fingerprint density at radius 2 is 2.11 bits per heavy atom. The van der Waals surface area contributed by atoms with Crippen molar-refractivity contribution in [1.29, 1.82) is 0 Å². The Hall–Kier alpha value is -1.06. The van der Waals surface area contributed by atoms with E-state index in [1.807, 2.05) is 0 Å². The first-order valence-electron chi connectivity index (χ1n) is 7.05. The Bertz CT molecular complexity index is 440. The van der Waals surface area contributed by atoms with Gasteiger partial charge in [-0.05, 0) is 52.1 Å². The number of hydrogen-bond acceptors (Lipinski definition) is 3. The van der Waals surface area contributed by atoms with Crippen LogP contribution in [0.4, 0.5) is 0 Å². The molecule has 0 saturated heterocycles. The van der Waals surface area contributed by atoms with Crippen molar-refractivity contribution >= 4 is 0 Å². The van der Waals surface area contributed by atoms with Crippen LogP contribution in [0.25, 0.3) is 0 Å². The second-order valence-electron chi connectivity index (χ2n) is 6.52. The summed E-state index contributed by atoms with van der Waals surface area (Å²) in [5.74, 6) is 1.05. The average molecular weight is 262 g/mol. The lowest BCUT2D eigenvalue weighted by Gasteiger charge is -2.18. The number of nitrogens with one attached hydrogen (secondary N) is 1. The van der Waals surface area contributed by atoms with Gasteiger partial charge in [-0.3, -0.25) is 0 Å². The maximum Gasteiger partial charge on any atom is 0.123 e. The van der Waals surface area contributed by atoms with E-state index in [0.717, 1.165) is 25.3 Å². The molecule has 1 unspecified atom stereocenters. The molecule has 0 bridgehead atoms. The molecule has 0 aromatic heterocycles. The molecular formula is C16H26N2O. The van der Waals surface area contributed by atoms with Crippen LogP contribution in [0.5, 0.6) is 5.75 Å². The van der Waals surface area contributed by atoms with Gasteiger partial charge in [-0.15, -0.1) is 0 Å². The molecule has 1 aliphatic rings. The number of fused-ring (bicyclic) bond motifs is 1. The Kier molecular flexibility index (Phi) is 4.16. The summed E-state index contributed by atoms with van der Waals surface area (Å²) in [5, 5.41) is 3.56. The number of nitrogens with zero attached hydrogens (tertiary/aromatic N) is 1. The molecule has 0 amide bonds. The van der Waals surface area contributed by atoms with E-state index in [-0.39, 0.29) is 5.60 Å². The van der Waals surface area contributed by atoms with Crippen LogP contribution >= 0.6 is 0 Å². The standard InChI is InChI=1S/C16H26N2O/c1-12(11-18(4)5)17-10-13-6-7-15-14(8-13)9-16(2,3)19-15/h6-8,12,17H,9-11H2,1-5H3. The maximum atomic E-state index is 5.90. The molecule has 0 saturated carbocycles. The van der Waals surface area contributed by atoms with Crippen LogP contribution in [-0.4, -0.2) is 37.2 Å². The van der Waals surface area contributed by atoms with Gasteiger partial charge in [0.1, 0.15) is 11.4 Å². The van der Waals surface area contributed by atoms with Crippen molar-refractivity contribution in [1.82, 2.24) is 10.2 Å². The molecule has 0 spiro atoms. The number of hydrogen-bond donors (Lipinski definition) is 1. The van der Waals surface area contributed by atoms with Crippen LogP contribution in [0, 0.1) is 0 Å². The largest absolute Gasteiger partial charge is 0.487 e. The molecule has 3 heteroatoms. The van der Waals surface area contributed by atoms with Crippen molar-refractivity contribution in [2.75, 3.05) is 20.6 Å². The highest BCUT2D eigenvalue weighted by atomic mass is 16.5. The first kappa shape index (κ1) is 14.4. The number of rotatable bonds is 5. The summed E-state index contributed by atoms with van der Waals surface area (Å²) in [6, 6.07) is 7.04. The van der Waals surface area contributed by atoms with Gasteiger partial charge in [0.25, 0.3) is 0 Å². The summed E-state index contributed by atoms with van der Waals surface area (Å²) in [6.07, 6.45) is 1.00. The summed E-state index contributed by atoms with van der Waals surface area (Å²) in [7, 11) is 4.21. The quantitative estimate of drug-likeness (QED) is 0.882. The summed E-state index contributed by atoms with van der Waals surface area (Å²) >= 11 is 0. The predicted octanol–water partition coefficient (Wildman–Crippen LogP) is 2.44. The van der Waals surface area contributed by atoms with Crippen molar-refractivity contribution in [2.24, 2.45) is 0 Å². The second kappa shape index (κ2) is 5.51. The fourth-order valence-corrected chi connectivity index (χ4v) is 2.68. The summed E-state index contributed by atoms with van der Waals surface area (Å²) in [5.41, 5.74) is 2.63. The molecule has 1 aromatic rings. The van der Waals surface area contributed by atoms with Crippen LogP contribution in [0.2, 0.25) is 0 Å². The van der Waals surface area contributed by atoms with Gasteiger partial charge >= 0.3 is 0 Å². The Labute approximate surface area is 116 Å². The van der Waals surface area contributed by atoms with Gasteiger partial charge in [-0.2, -0.15) is 0 Å². The second-order valence-corrected chi connectivity index (χ2v) is 6.52. The van der Waals surface area contributed by atoms with Crippen LogP contribution in [0.15, 0.2) is 18.2 Å². The number of benzene rings is 1. The van der Waals surface area contributed by atoms with Gasteiger partial charge in [-0.25, -0.2) is 0 Å². The summed E-state index contributed by atoms with van der Waals surface area (Å²) in [6.45, 7) is 8.48. The van der Waals surface area contributed by atoms with Crippen LogP contribution in [0.1, 0.15) is 31.9 Å². The molecule has 0 aliphatic carbocycles. The van der Waals surface area contributed by atoms with E-state index in [9.17, 15) is 0 Å². The third-order valence-electron chi connectivity index (χ3n) is 3.42. The molecule has 1 aliphatic heterocycles. The number of ether oxygens (including phenoxy) is 1. The van der Waals surface area contributed by atoms with Crippen LogP contribution < -0.4 is 10.1 Å². The zero-order valence-corrected chi connectivity index (χ0v) is 12.8. The topological polar surface area (TPSA) is 24.5 Å². The van der Waals surface area contributed by atoms with E-state index in [1.165, 1.54) is 11.1 Å². The van der Waals surface area contributed by atoms with E-state index in [2.05, 4.69) is 63.3 Å². The monoisotopic (exact) mass is 262 g/mol. The third-order valence-corrected chi connectivity index (χ3v) is 3.42. The van der Waals surface area contributed by atoms with E-state index in [0.29, 0.717) is 6.04 Å². The van der Waals surface area contributed by atoms with Crippen molar-refractivity contribution < 1.29 is 4.74 Å². The SMILES string of the molecule is CC(CN(C)C)NCc1ccc2c(c1)CC(C)(C)O2. The lowest BCUT2D eigenvalue weighted by atomic mass is 10.0. The zero-order valence-electron chi connectivity index (χ0n) is 12.8. The highest BCUT2D eigenvalue weighted by Gasteiger charge is 2.29. The molecule has 19 heavy (non-hydrogen) atoms. The fourth-order valence-electron chi connectivity index (χ4n) is 2.68. The lowest BCUT2D eigenvalue weighted by Crippen LogP contribution is -2.35. The Morgan fingerprint density at radius 3 is 2.79 bits per heavy atom. The molecule has 1 aromatic carbocycles. The van der Waals surface area contributed by atoms with Gasteiger partial charge in [0.2, 0.25) is 0 Å². The highest BCUT2D eigenvalue weighted by molar-refractivity contribution is 5.41. The zero-order chi connectivity index (χ0) is 14.0. The first-order chi connectivity index (χ1) is 8.85. The minimum absolute atomic E-state index is 0.0490. The summed E-state index contributed by atoms with van der Waals surface area (Å²) < 4.78 is 5.90. The molecule has 1 N–H and O–H groups in total. The highest BCUT2D eigenvalue weighted by Crippen LogP contribution is 2.35. The maximum absolute atomic E-state index is 5.90. The van der Waals surface area contributed by atoms with Gasteiger partial charge in [0, 0.05) is 25.6 Å². The molecule has 2 rings (SSSR count). The van der Waals surface area contributed by atoms with Gasteiger partial charge in [-0.1, -0.05) is 12.1 Å². The minimum atomic E-state index is -0.0490. The van der Waals surface area contributed by atoms with Crippen LogP contribution in [-0.2, 0) is 13.0 Å². The fraction of sp³-hybridized carbons (Fsp3) is 0.625. The van der Waals surface area contributed by atoms with Gasteiger partial charge in [0.05, 0.1) is 0 Å². The normalized spacial score (nSPS) is 18.2. The first-order valence-corrected chi connectivity index (χ1v) is 7.05. The van der Waals surface area contributed by atoms with Crippen molar-refractivity contribution in [3.8, 4) is 5.75 Å². The van der Waals surface area contributed by atoms with E-state index in [1.54, 1.807) is 0 Å². The lowest BCUT2D eigenvalue weighted by molar-refractivity contribution is 0.138. The minimum Gasteiger partial charge on any atom is -0.487 e. The van der Waals surface area contributed by atoms with Crippen molar-refractivity contribution in [2.45, 2.75) is 45.4 Å². The molecule has 106 valence electrons. The number of likely N-dealkylation sites (N-methyl/N-ethyl adjacent to an activating group) is 1. The molecule has 0 radical (unpaired) electrons. The van der Waals surface area contributed by atoms with E-state index in [4.69, 9.17) is 4.74 Å². The van der Waals surface area contributed by atoms with E-state index < -0.39 is 0 Å². The van der Waals surface area contributed by atoms with Gasteiger partial charge in [0.15, 0.2) is 0 Å². The van der Waals surface area contributed by atoms with Gasteiger partial charge < -0.3 is 15.0 Å². The van der Waals surface area contributed by atoms with Crippen molar-refractivity contribution in [3.05, 3.63) is 29.3 Å². The summed E-state index contributed by atoms with van der Waals surface area (Å²) in [4.78, 5) is 2.21. The predicted molar refractivity (Wildman–Crippen MR) is 79.7 cm³/mol.